The largest absolute Gasteiger partial charge is 0.497 e. The van der Waals surface area contributed by atoms with E-state index < -0.39 is 5.91 Å². The number of aromatic nitrogens is 3. The number of amides is 1. The van der Waals surface area contributed by atoms with E-state index in [1.165, 1.54) is 0 Å². The summed E-state index contributed by atoms with van der Waals surface area (Å²) in [4.78, 5) is 20.9. The first-order chi connectivity index (χ1) is 15.0. The van der Waals surface area contributed by atoms with Crippen LogP contribution in [-0.4, -0.2) is 33.3 Å². The molecule has 4 aromatic rings. The Hall–Kier alpha value is -4.05. The molecule has 0 atom stereocenters. The fourth-order valence-electron chi connectivity index (χ4n) is 3.19. The maximum atomic E-state index is 12.5. The molecule has 9 nitrogen and oxygen atoms in total. The molecule has 0 bridgehead atoms. The number of ether oxygens (including phenoxy) is 1. The van der Waals surface area contributed by atoms with Gasteiger partial charge in [-0.25, -0.2) is 4.99 Å². The minimum absolute atomic E-state index is 0.106. The number of aromatic hydroxyl groups is 1. The van der Waals surface area contributed by atoms with Crippen LogP contribution < -0.4 is 20.6 Å². The average molecular weight is 433 g/mol. The highest BCUT2D eigenvalue weighted by Crippen LogP contribution is 2.35. The molecule has 0 radical (unpaired) electrons. The predicted molar refractivity (Wildman–Crippen MR) is 113 cm³/mol. The number of rotatable bonds is 5. The molecular formula is C21H15N5O4S. The first-order valence-electron chi connectivity index (χ1n) is 9.21. The topological polar surface area (TPSA) is 123 Å². The number of nitrogens with one attached hydrogen (secondary N) is 1. The van der Waals surface area contributed by atoms with Gasteiger partial charge in [0.2, 0.25) is 11.8 Å². The summed E-state index contributed by atoms with van der Waals surface area (Å²) in [6.07, 6.45) is 0. The lowest BCUT2D eigenvalue weighted by molar-refractivity contribution is -0.112. The number of nitrogens with zero attached hydrogens (tertiary/aromatic N) is 4. The molecule has 0 unspecified atom stereocenters. The van der Waals surface area contributed by atoms with Crippen LogP contribution >= 0.6 is 11.3 Å². The van der Waals surface area contributed by atoms with E-state index in [1.807, 2.05) is 19.1 Å². The molecule has 2 aromatic heterocycles. The normalized spacial score (nSPS) is 12.6. The Morgan fingerprint density at radius 3 is 2.71 bits per heavy atom. The van der Waals surface area contributed by atoms with Gasteiger partial charge in [0.15, 0.2) is 5.13 Å². The molecule has 3 heterocycles. The molecular weight excluding hydrogens is 418 g/mol. The molecule has 5 rings (SSSR count). The van der Waals surface area contributed by atoms with E-state index in [2.05, 4.69) is 25.5 Å². The highest BCUT2D eigenvalue weighted by atomic mass is 32.1. The molecule has 1 aliphatic rings. The Kier molecular flexibility index (Phi) is 4.48. The number of anilines is 2. The van der Waals surface area contributed by atoms with Crippen molar-refractivity contribution in [1.82, 2.24) is 15.2 Å². The lowest BCUT2D eigenvalue weighted by atomic mass is 10.1. The average Bonchev–Trinajstić information content (AvgIpc) is 3.45. The SMILES string of the molecule is COc1ccc(-c2nnc(Nc3nc(O)c(C4=c5cc(C)ccc5=NC4=O)s3)o2)cc1. The second-order valence-electron chi connectivity index (χ2n) is 6.75. The van der Waals surface area contributed by atoms with Crippen molar-refractivity contribution >= 4 is 34.0 Å². The van der Waals surface area contributed by atoms with Gasteiger partial charge in [-0.1, -0.05) is 28.1 Å². The molecule has 0 aliphatic carbocycles. The second-order valence-corrected chi connectivity index (χ2v) is 7.75. The number of carbonyl (C=O) groups excluding carboxylic acids is 1. The van der Waals surface area contributed by atoms with E-state index in [1.54, 1.807) is 37.4 Å². The monoisotopic (exact) mass is 433 g/mol. The van der Waals surface area contributed by atoms with Crippen molar-refractivity contribution in [3.8, 4) is 23.1 Å². The highest BCUT2D eigenvalue weighted by Gasteiger charge is 2.25. The third-order valence-corrected chi connectivity index (χ3v) is 5.65. The van der Waals surface area contributed by atoms with Crippen molar-refractivity contribution in [2.75, 3.05) is 12.4 Å². The summed E-state index contributed by atoms with van der Waals surface area (Å²) in [5, 5.41) is 22.8. The minimum atomic E-state index is -0.411. The van der Waals surface area contributed by atoms with Gasteiger partial charge in [0.05, 0.1) is 18.0 Å². The summed E-state index contributed by atoms with van der Waals surface area (Å²) in [6, 6.07) is 12.8. The smallest absolute Gasteiger partial charge is 0.322 e. The zero-order chi connectivity index (χ0) is 21.5. The van der Waals surface area contributed by atoms with Gasteiger partial charge in [0.1, 0.15) is 10.6 Å². The Labute approximate surface area is 179 Å². The van der Waals surface area contributed by atoms with Gasteiger partial charge >= 0.3 is 6.01 Å². The number of benzene rings is 2. The maximum Gasteiger partial charge on any atom is 0.322 e. The molecule has 0 fully saturated rings. The number of thiazole rings is 1. The maximum absolute atomic E-state index is 12.5. The Morgan fingerprint density at radius 1 is 1.13 bits per heavy atom. The van der Waals surface area contributed by atoms with Crippen molar-refractivity contribution in [1.29, 1.82) is 0 Å². The predicted octanol–water partition coefficient (Wildman–Crippen LogP) is 2.32. The third kappa shape index (κ3) is 3.42. The number of fused-ring (bicyclic) bond motifs is 1. The van der Waals surface area contributed by atoms with Crippen molar-refractivity contribution in [3.05, 3.63) is 63.5 Å². The highest BCUT2D eigenvalue weighted by molar-refractivity contribution is 7.17. The summed E-state index contributed by atoms with van der Waals surface area (Å²) in [7, 11) is 1.59. The van der Waals surface area contributed by atoms with Gasteiger partial charge in [-0.2, -0.15) is 4.98 Å². The lowest BCUT2D eigenvalue weighted by Crippen LogP contribution is -2.23. The summed E-state index contributed by atoms with van der Waals surface area (Å²) >= 11 is 1.10. The van der Waals surface area contributed by atoms with Crippen LogP contribution in [0.1, 0.15) is 10.4 Å². The minimum Gasteiger partial charge on any atom is -0.497 e. The van der Waals surface area contributed by atoms with Crippen LogP contribution in [0.5, 0.6) is 11.6 Å². The summed E-state index contributed by atoms with van der Waals surface area (Å²) in [5.74, 6) is 0.352. The fraction of sp³-hybridized carbons (Fsp3) is 0.0952. The molecule has 1 amide bonds. The van der Waals surface area contributed by atoms with Gasteiger partial charge in [-0.15, -0.1) is 5.10 Å². The van der Waals surface area contributed by atoms with Gasteiger partial charge in [0, 0.05) is 10.8 Å². The second kappa shape index (κ2) is 7.33. The standard InChI is InChI=1S/C21H15N5O4S/c1-10-3-8-14-13(9-10)15(17(27)22-14)16-18(28)23-21(31-16)24-20-26-25-19(30-20)11-4-6-12(29-2)7-5-11/h3-9,28H,1-2H3,(H,23,24,26). The van der Waals surface area contributed by atoms with Crippen LogP contribution in [0, 0.1) is 6.92 Å². The van der Waals surface area contributed by atoms with Crippen molar-refractivity contribution in [2.24, 2.45) is 4.99 Å². The molecule has 0 spiro atoms. The van der Waals surface area contributed by atoms with E-state index in [9.17, 15) is 9.90 Å². The van der Waals surface area contributed by atoms with Crippen molar-refractivity contribution in [3.63, 3.8) is 0 Å². The lowest BCUT2D eigenvalue weighted by Gasteiger charge is -1.99. The van der Waals surface area contributed by atoms with Crippen LogP contribution in [0.15, 0.2) is 51.9 Å². The number of hydrogen-bond donors (Lipinski definition) is 2. The van der Waals surface area contributed by atoms with Crippen LogP contribution in [0.3, 0.4) is 0 Å². The van der Waals surface area contributed by atoms with Crippen LogP contribution in [-0.2, 0) is 4.79 Å². The Balaban J connectivity index is 1.45. The van der Waals surface area contributed by atoms with Crippen LogP contribution in [0.4, 0.5) is 11.1 Å². The molecule has 10 heteroatoms. The van der Waals surface area contributed by atoms with E-state index >= 15 is 0 Å². The van der Waals surface area contributed by atoms with Gasteiger partial charge in [-0.05, 0) is 43.3 Å². The summed E-state index contributed by atoms with van der Waals surface area (Å²) in [5.41, 5.74) is 2.04. The first-order valence-corrected chi connectivity index (χ1v) is 10.0. The van der Waals surface area contributed by atoms with E-state index in [0.29, 0.717) is 32.0 Å². The zero-order valence-corrected chi connectivity index (χ0v) is 17.2. The number of carbonyl (C=O) groups is 1. The first kappa shape index (κ1) is 18.9. The third-order valence-electron chi connectivity index (χ3n) is 4.67. The van der Waals surface area contributed by atoms with Crippen molar-refractivity contribution < 1.29 is 19.1 Å². The summed E-state index contributed by atoms with van der Waals surface area (Å²) < 4.78 is 10.8. The molecule has 2 N–H and O–H groups in total. The Bertz CT molecular complexity index is 1440. The zero-order valence-electron chi connectivity index (χ0n) is 16.4. The molecule has 154 valence electrons. The number of hydrogen-bond acceptors (Lipinski definition) is 9. The fourth-order valence-corrected chi connectivity index (χ4v) is 4.09. The Morgan fingerprint density at radius 2 is 1.94 bits per heavy atom. The number of aryl methyl sites for hydroxylation is 1. The molecule has 31 heavy (non-hydrogen) atoms. The van der Waals surface area contributed by atoms with Gasteiger partial charge < -0.3 is 14.3 Å². The van der Waals surface area contributed by atoms with E-state index in [4.69, 9.17) is 9.15 Å². The molecule has 0 saturated carbocycles. The van der Waals surface area contributed by atoms with E-state index in [-0.39, 0.29) is 11.9 Å². The summed E-state index contributed by atoms with van der Waals surface area (Å²) in [6.45, 7) is 1.93. The van der Waals surface area contributed by atoms with E-state index in [0.717, 1.165) is 28.2 Å². The van der Waals surface area contributed by atoms with Gasteiger partial charge in [0.25, 0.3) is 5.91 Å². The quantitative estimate of drug-likeness (QED) is 0.492. The molecule has 0 saturated heterocycles. The van der Waals surface area contributed by atoms with Crippen molar-refractivity contribution in [2.45, 2.75) is 6.92 Å². The molecule has 1 aliphatic heterocycles. The van der Waals surface area contributed by atoms with Gasteiger partial charge in [-0.3, -0.25) is 10.1 Å². The number of methoxy groups -OCH3 is 1. The van der Waals surface area contributed by atoms with Crippen LogP contribution in [0.25, 0.3) is 17.0 Å². The molecule has 2 aromatic carbocycles. The van der Waals surface area contributed by atoms with Crippen LogP contribution in [0.2, 0.25) is 0 Å².